The fraction of sp³-hybridized carbons (Fsp3) is 0.889. The summed E-state index contributed by atoms with van der Waals surface area (Å²) in [4.78, 5) is 11.2. The molecule has 12 heavy (non-hydrogen) atoms. The molecular formula is C9H18O2S. The lowest BCUT2D eigenvalue weighted by atomic mass is 9.87. The van der Waals surface area contributed by atoms with Gasteiger partial charge in [0.15, 0.2) is 0 Å². The molecule has 0 N–H and O–H groups in total. The third kappa shape index (κ3) is 4.00. The van der Waals surface area contributed by atoms with Crippen molar-refractivity contribution >= 4 is 18.6 Å². The highest BCUT2D eigenvalue weighted by atomic mass is 32.1. The van der Waals surface area contributed by atoms with Gasteiger partial charge in [-0.25, -0.2) is 0 Å². The van der Waals surface area contributed by atoms with E-state index < -0.39 is 0 Å². The van der Waals surface area contributed by atoms with Gasteiger partial charge in [0.2, 0.25) is 0 Å². The lowest BCUT2D eigenvalue weighted by Gasteiger charge is -2.20. The molecule has 72 valence electrons. The first-order chi connectivity index (χ1) is 5.54. The van der Waals surface area contributed by atoms with Gasteiger partial charge in [0.25, 0.3) is 0 Å². The third-order valence-corrected chi connectivity index (χ3v) is 2.26. The molecule has 0 fully saturated rings. The predicted molar refractivity (Wildman–Crippen MR) is 53.5 cm³/mol. The molecule has 2 nitrogen and oxygen atoms in total. The van der Waals surface area contributed by atoms with Gasteiger partial charge in [-0.05, 0) is 32.4 Å². The van der Waals surface area contributed by atoms with E-state index in [2.05, 4.69) is 17.4 Å². The minimum Gasteiger partial charge on any atom is -0.469 e. The predicted octanol–water partition coefficient (Wildman–Crippen LogP) is 2.29. The Morgan fingerprint density at radius 3 is 2.42 bits per heavy atom. The number of carbonyl (C=O) groups is 1. The minimum atomic E-state index is -0.336. The quantitative estimate of drug-likeness (QED) is 0.409. The van der Waals surface area contributed by atoms with Crippen LogP contribution in [0.2, 0.25) is 0 Å². The molecule has 0 saturated carbocycles. The van der Waals surface area contributed by atoms with Crippen LogP contribution in [0, 0.1) is 5.41 Å². The molecule has 0 aromatic carbocycles. The molecule has 0 amide bonds. The van der Waals surface area contributed by atoms with Crippen LogP contribution in [0.3, 0.4) is 0 Å². The largest absolute Gasteiger partial charge is 0.469 e. The molecule has 0 saturated heterocycles. The minimum absolute atomic E-state index is 0.123. The Kier molecular flexibility index (Phi) is 5.38. The second-order valence-electron chi connectivity index (χ2n) is 3.56. The Hall–Kier alpha value is -0.180. The molecular weight excluding hydrogens is 172 g/mol. The fourth-order valence-electron chi connectivity index (χ4n) is 1.06. The Bertz CT molecular complexity index is 143. The van der Waals surface area contributed by atoms with Gasteiger partial charge >= 0.3 is 5.97 Å². The van der Waals surface area contributed by atoms with Crippen molar-refractivity contribution in [3.63, 3.8) is 0 Å². The summed E-state index contributed by atoms with van der Waals surface area (Å²) < 4.78 is 4.69. The smallest absolute Gasteiger partial charge is 0.311 e. The van der Waals surface area contributed by atoms with Gasteiger partial charge in [0, 0.05) is 0 Å². The molecule has 0 aromatic rings. The molecule has 0 aliphatic heterocycles. The number of rotatable bonds is 5. The number of hydrogen-bond acceptors (Lipinski definition) is 3. The number of unbranched alkanes of at least 4 members (excludes halogenated alkanes) is 1. The van der Waals surface area contributed by atoms with Crippen LogP contribution in [0.25, 0.3) is 0 Å². The molecule has 0 spiro atoms. The van der Waals surface area contributed by atoms with Crippen LogP contribution in [0.5, 0.6) is 0 Å². The lowest BCUT2D eigenvalue weighted by molar-refractivity contribution is -0.151. The van der Waals surface area contributed by atoms with Gasteiger partial charge in [-0.15, -0.1) is 0 Å². The molecule has 0 aliphatic rings. The van der Waals surface area contributed by atoms with E-state index >= 15 is 0 Å². The van der Waals surface area contributed by atoms with E-state index in [1.54, 1.807) is 0 Å². The van der Waals surface area contributed by atoms with Crippen molar-refractivity contribution < 1.29 is 9.53 Å². The van der Waals surface area contributed by atoms with Crippen LogP contribution >= 0.6 is 12.6 Å². The summed E-state index contributed by atoms with van der Waals surface area (Å²) in [7, 11) is 1.43. The fourth-order valence-corrected chi connectivity index (χ4v) is 1.28. The van der Waals surface area contributed by atoms with E-state index in [4.69, 9.17) is 0 Å². The van der Waals surface area contributed by atoms with Gasteiger partial charge in [-0.2, -0.15) is 12.6 Å². The number of esters is 1. The number of hydrogen-bond donors (Lipinski definition) is 1. The summed E-state index contributed by atoms with van der Waals surface area (Å²) in [6.07, 6.45) is 2.97. The van der Waals surface area contributed by atoms with Crippen molar-refractivity contribution in [2.24, 2.45) is 5.41 Å². The molecule has 0 heterocycles. The Morgan fingerprint density at radius 1 is 1.42 bits per heavy atom. The first kappa shape index (κ1) is 11.8. The molecule has 0 radical (unpaired) electrons. The van der Waals surface area contributed by atoms with Gasteiger partial charge in [0.1, 0.15) is 0 Å². The lowest BCUT2D eigenvalue weighted by Crippen LogP contribution is -2.25. The van der Waals surface area contributed by atoms with E-state index in [1.807, 2.05) is 13.8 Å². The maximum atomic E-state index is 11.2. The van der Waals surface area contributed by atoms with Crippen LogP contribution in [-0.2, 0) is 9.53 Å². The Morgan fingerprint density at radius 2 is 2.00 bits per heavy atom. The van der Waals surface area contributed by atoms with Gasteiger partial charge in [0.05, 0.1) is 12.5 Å². The maximum Gasteiger partial charge on any atom is 0.311 e. The van der Waals surface area contributed by atoms with Crippen molar-refractivity contribution in [3.8, 4) is 0 Å². The average molecular weight is 190 g/mol. The summed E-state index contributed by atoms with van der Waals surface area (Å²) in [5.74, 6) is 0.763. The summed E-state index contributed by atoms with van der Waals surface area (Å²) in [6.45, 7) is 3.83. The molecule has 0 bridgehead atoms. The van der Waals surface area contributed by atoms with Crippen LogP contribution in [0.15, 0.2) is 0 Å². The van der Waals surface area contributed by atoms with Gasteiger partial charge in [-0.1, -0.05) is 6.42 Å². The van der Waals surface area contributed by atoms with Crippen molar-refractivity contribution in [1.29, 1.82) is 0 Å². The number of ether oxygens (including phenoxy) is 1. The first-order valence-electron chi connectivity index (χ1n) is 4.24. The average Bonchev–Trinajstić information content (AvgIpc) is 2.03. The molecule has 0 aliphatic carbocycles. The first-order valence-corrected chi connectivity index (χ1v) is 4.87. The van der Waals surface area contributed by atoms with Crippen molar-refractivity contribution in [2.75, 3.05) is 12.9 Å². The highest BCUT2D eigenvalue weighted by molar-refractivity contribution is 7.80. The van der Waals surface area contributed by atoms with Gasteiger partial charge in [-0.3, -0.25) is 4.79 Å². The van der Waals surface area contributed by atoms with Crippen LogP contribution in [0.1, 0.15) is 33.1 Å². The normalized spacial score (nSPS) is 11.3. The molecule has 0 unspecified atom stereocenters. The summed E-state index contributed by atoms with van der Waals surface area (Å²) >= 11 is 4.11. The zero-order chi connectivity index (χ0) is 9.61. The third-order valence-electron chi connectivity index (χ3n) is 1.95. The van der Waals surface area contributed by atoms with Crippen LogP contribution in [0.4, 0.5) is 0 Å². The molecule has 0 rings (SSSR count). The summed E-state index contributed by atoms with van der Waals surface area (Å²) in [5.41, 5.74) is -0.336. The van der Waals surface area contributed by atoms with E-state index in [1.165, 1.54) is 7.11 Å². The van der Waals surface area contributed by atoms with Crippen molar-refractivity contribution in [1.82, 2.24) is 0 Å². The van der Waals surface area contributed by atoms with Crippen LogP contribution < -0.4 is 0 Å². The van der Waals surface area contributed by atoms with E-state index in [9.17, 15) is 4.79 Å². The van der Waals surface area contributed by atoms with Gasteiger partial charge < -0.3 is 4.74 Å². The molecule has 0 atom stereocenters. The summed E-state index contributed by atoms with van der Waals surface area (Å²) in [6, 6.07) is 0. The topological polar surface area (TPSA) is 26.3 Å². The van der Waals surface area contributed by atoms with E-state index in [-0.39, 0.29) is 11.4 Å². The highest BCUT2D eigenvalue weighted by Crippen LogP contribution is 2.24. The summed E-state index contributed by atoms with van der Waals surface area (Å²) in [5, 5.41) is 0. The maximum absolute atomic E-state index is 11.2. The van der Waals surface area contributed by atoms with E-state index in [0.29, 0.717) is 0 Å². The number of methoxy groups -OCH3 is 1. The highest BCUT2D eigenvalue weighted by Gasteiger charge is 2.27. The molecule has 3 heteroatoms. The second-order valence-corrected chi connectivity index (χ2v) is 4.00. The molecule has 0 aromatic heterocycles. The zero-order valence-electron chi connectivity index (χ0n) is 8.09. The Labute approximate surface area is 80.1 Å². The number of thiol groups is 1. The Balaban J connectivity index is 3.78. The van der Waals surface area contributed by atoms with Crippen molar-refractivity contribution in [3.05, 3.63) is 0 Å². The second kappa shape index (κ2) is 5.46. The van der Waals surface area contributed by atoms with E-state index in [0.717, 1.165) is 25.0 Å². The monoisotopic (exact) mass is 190 g/mol. The van der Waals surface area contributed by atoms with Crippen LogP contribution in [-0.4, -0.2) is 18.8 Å². The zero-order valence-corrected chi connectivity index (χ0v) is 8.99. The SMILES string of the molecule is COC(=O)C(C)(C)CCCCS. The van der Waals surface area contributed by atoms with Crippen molar-refractivity contribution in [2.45, 2.75) is 33.1 Å². The number of carbonyl (C=O) groups excluding carboxylic acids is 1. The standard InChI is InChI=1S/C9H18O2S/c1-9(2,8(10)11-3)6-4-5-7-12/h12H,4-7H2,1-3H3.